The number of hydrogen-bond donors (Lipinski definition) is 1. The van der Waals surface area contributed by atoms with Crippen LogP contribution in [0.5, 0.6) is 0 Å². The number of nitrogens with zero attached hydrogens (tertiary/aromatic N) is 3. The fourth-order valence-corrected chi connectivity index (χ4v) is 3.50. The summed E-state index contributed by atoms with van der Waals surface area (Å²) in [7, 11) is 1.92. The van der Waals surface area contributed by atoms with Crippen LogP contribution in [0.25, 0.3) is 0 Å². The Balaban J connectivity index is 1.55. The van der Waals surface area contributed by atoms with Gasteiger partial charge in [-0.15, -0.1) is 0 Å². The highest BCUT2D eigenvalue weighted by Gasteiger charge is 2.30. The molecule has 0 radical (unpaired) electrons. The molecule has 0 saturated carbocycles. The molecule has 7 nitrogen and oxygen atoms in total. The van der Waals surface area contributed by atoms with Crippen LogP contribution in [0.3, 0.4) is 0 Å². The summed E-state index contributed by atoms with van der Waals surface area (Å²) in [6.45, 7) is 5.55. The van der Waals surface area contributed by atoms with Crippen molar-refractivity contribution in [2.24, 2.45) is 7.05 Å². The van der Waals surface area contributed by atoms with Crippen molar-refractivity contribution >= 4 is 5.91 Å². The molecular formula is C17H28N4O3. The molecule has 0 spiro atoms. The minimum atomic E-state index is 0.00777. The molecular weight excluding hydrogens is 308 g/mol. The summed E-state index contributed by atoms with van der Waals surface area (Å²) in [4.78, 5) is 14.3. The highest BCUT2D eigenvalue weighted by atomic mass is 16.5. The van der Waals surface area contributed by atoms with Crippen molar-refractivity contribution in [3.05, 3.63) is 18.0 Å². The van der Waals surface area contributed by atoms with E-state index in [1.165, 1.54) is 0 Å². The van der Waals surface area contributed by atoms with Crippen molar-refractivity contribution < 1.29 is 14.3 Å². The fraction of sp³-hybridized carbons (Fsp3) is 0.765. The van der Waals surface area contributed by atoms with E-state index in [0.29, 0.717) is 32.7 Å². The van der Waals surface area contributed by atoms with Gasteiger partial charge >= 0.3 is 0 Å². The number of aromatic nitrogens is 2. The lowest BCUT2D eigenvalue weighted by atomic mass is 9.97. The number of morpholine rings is 1. The molecule has 3 rings (SSSR count). The Kier molecular flexibility index (Phi) is 5.86. The maximum Gasteiger partial charge on any atom is 0.224 e. The van der Waals surface area contributed by atoms with Crippen molar-refractivity contribution in [3.63, 3.8) is 0 Å². The van der Waals surface area contributed by atoms with E-state index in [4.69, 9.17) is 9.47 Å². The first kappa shape index (κ1) is 17.4. The van der Waals surface area contributed by atoms with Crippen LogP contribution in [0.4, 0.5) is 0 Å². The topological polar surface area (TPSA) is 68.6 Å². The second-order valence-corrected chi connectivity index (χ2v) is 6.75. The first-order valence-corrected chi connectivity index (χ1v) is 8.85. The molecule has 3 atom stereocenters. The first-order chi connectivity index (χ1) is 11.6. The molecule has 1 aromatic heterocycles. The predicted molar refractivity (Wildman–Crippen MR) is 89.5 cm³/mol. The van der Waals surface area contributed by atoms with Crippen LogP contribution in [0.2, 0.25) is 0 Å². The summed E-state index contributed by atoms with van der Waals surface area (Å²) in [5.41, 5.74) is 1.10. The molecule has 0 unspecified atom stereocenters. The lowest BCUT2D eigenvalue weighted by Gasteiger charge is -2.34. The Morgan fingerprint density at radius 1 is 1.42 bits per heavy atom. The molecule has 2 aliphatic rings. The van der Waals surface area contributed by atoms with Crippen LogP contribution in [0.15, 0.2) is 12.4 Å². The molecule has 0 bridgehead atoms. The Morgan fingerprint density at radius 3 is 2.92 bits per heavy atom. The second-order valence-electron chi connectivity index (χ2n) is 6.75. The van der Waals surface area contributed by atoms with E-state index in [9.17, 15) is 4.79 Å². The third kappa shape index (κ3) is 4.34. The summed E-state index contributed by atoms with van der Waals surface area (Å²) in [5, 5.41) is 7.86. The number of amides is 1. The van der Waals surface area contributed by atoms with Gasteiger partial charge in [0.05, 0.1) is 19.4 Å². The van der Waals surface area contributed by atoms with Gasteiger partial charge in [-0.25, -0.2) is 0 Å². The minimum absolute atomic E-state index is 0.00777. The summed E-state index contributed by atoms with van der Waals surface area (Å²) in [6.07, 6.45) is 6.49. The van der Waals surface area contributed by atoms with E-state index in [0.717, 1.165) is 25.0 Å². The molecule has 7 heteroatoms. The van der Waals surface area contributed by atoms with Gasteiger partial charge in [0.2, 0.25) is 5.91 Å². The molecule has 2 aliphatic heterocycles. The van der Waals surface area contributed by atoms with Crippen LogP contribution in [-0.2, 0) is 21.3 Å². The molecule has 134 valence electrons. The molecule has 1 N–H and O–H groups in total. The van der Waals surface area contributed by atoms with Crippen molar-refractivity contribution in [1.82, 2.24) is 20.0 Å². The van der Waals surface area contributed by atoms with Gasteiger partial charge in [-0.05, 0) is 19.8 Å². The largest absolute Gasteiger partial charge is 0.378 e. The summed E-state index contributed by atoms with van der Waals surface area (Å²) in [5.74, 6) is 0.202. The summed E-state index contributed by atoms with van der Waals surface area (Å²) < 4.78 is 13.1. The Morgan fingerprint density at radius 2 is 2.21 bits per heavy atom. The SMILES string of the molecule is C[C@H](CC(=O)N1CCOCC1)N[C@H]1CCCO[C@@H]1c1cnn(C)c1. The van der Waals surface area contributed by atoms with Gasteiger partial charge in [0.25, 0.3) is 0 Å². The molecule has 3 heterocycles. The maximum atomic E-state index is 12.4. The highest BCUT2D eigenvalue weighted by molar-refractivity contribution is 5.76. The molecule has 0 aromatic carbocycles. The Bertz CT molecular complexity index is 542. The van der Waals surface area contributed by atoms with Gasteiger partial charge in [0, 0.05) is 57.0 Å². The Labute approximate surface area is 143 Å². The standard InChI is InChI=1S/C17H28N4O3/c1-13(10-16(22)21-5-8-23-9-6-21)19-15-4-3-7-24-17(15)14-11-18-20(2)12-14/h11-13,15,17,19H,3-10H2,1-2H3/t13-,15+,17-/m1/s1. The van der Waals surface area contributed by atoms with E-state index in [1.54, 1.807) is 4.68 Å². The predicted octanol–water partition coefficient (Wildman–Crippen LogP) is 0.867. The maximum absolute atomic E-state index is 12.4. The molecule has 1 aromatic rings. The number of hydrogen-bond acceptors (Lipinski definition) is 5. The van der Waals surface area contributed by atoms with E-state index in [1.807, 2.05) is 24.3 Å². The zero-order valence-corrected chi connectivity index (χ0v) is 14.6. The minimum Gasteiger partial charge on any atom is -0.378 e. The van der Waals surface area contributed by atoms with Crippen LogP contribution in [0.1, 0.15) is 37.9 Å². The number of ether oxygens (including phenoxy) is 2. The molecule has 0 aliphatic carbocycles. The molecule has 2 saturated heterocycles. The fourth-order valence-electron chi connectivity index (χ4n) is 3.50. The van der Waals surface area contributed by atoms with Gasteiger partial charge in [-0.2, -0.15) is 5.10 Å². The van der Waals surface area contributed by atoms with Crippen molar-refractivity contribution in [1.29, 1.82) is 0 Å². The summed E-state index contributed by atoms with van der Waals surface area (Å²) in [6, 6.07) is 0.335. The lowest BCUT2D eigenvalue weighted by molar-refractivity contribution is -0.135. The Hall–Kier alpha value is -1.44. The molecule has 2 fully saturated rings. The molecule has 1 amide bonds. The zero-order valence-electron chi connectivity index (χ0n) is 14.6. The van der Waals surface area contributed by atoms with Gasteiger partial charge in [-0.3, -0.25) is 9.48 Å². The van der Waals surface area contributed by atoms with Gasteiger partial charge in [-0.1, -0.05) is 0 Å². The van der Waals surface area contributed by atoms with E-state index < -0.39 is 0 Å². The van der Waals surface area contributed by atoms with E-state index >= 15 is 0 Å². The number of aryl methyl sites for hydroxylation is 1. The normalized spacial score (nSPS) is 26.3. The highest BCUT2D eigenvalue weighted by Crippen LogP contribution is 2.28. The number of nitrogens with one attached hydrogen (secondary N) is 1. The monoisotopic (exact) mass is 336 g/mol. The molecule has 24 heavy (non-hydrogen) atoms. The van der Waals surface area contributed by atoms with Crippen molar-refractivity contribution in [3.8, 4) is 0 Å². The van der Waals surface area contributed by atoms with Crippen molar-refractivity contribution in [2.45, 2.75) is 44.4 Å². The third-order valence-electron chi connectivity index (χ3n) is 4.72. The van der Waals surface area contributed by atoms with Crippen LogP contribution in [0, 0.1) is 0 Å². The number of carbonyl (C=O) groups excluding carboxylic acids is 1. The average molecular weight is 336 g/mol. The van der Waals surface area contributed by atoms with Crippen LogP contribution >= 0.6 is 0 Å². The van der Waals surface area contributed by atoms with E-state index in [-0.39, 0.29) is 24.1 Å². The van der Waals surface area contributed by atoms with Crippen molar-refractivity contribution in [2.75, 3.05) is 32.9 Å². The lowest BCUT2D eigenvalue weighted by Crippen LogP contribution is -2.47. The quantitative estimate of drug-likeness (QED) is 0.864. The van der Waals surface area contributed by atoms with Gasteiger partial charge < -0.3 is 19.7 Å². The second kappa shape index (κ2) is 8.09. The summed E-state index contributed by atoms with van der Waals surface area (Å²) >= 11 is 0. The van der Waals surface area contributed by atoms with E-state index in [2.05, 4.69) is 17.3 Å². The average Bonchev–Trinajstić information content (AvgIpc) is 3.02. The smallest absolute Gasteiger partial charge is 0.224 e. The van der Waals surface area contributed by atoms with Gasteiger partial charge in [0.15, 0.2) is 0 Å². The van der Waals surface area contributed by atoms with Crippen LogP contribution < -0.4 is 5.32 Å². The number of carbonyl (C=O) groups is 1. The number of rotatable bonds is 5. The first-order valence-electron chi connectivity index (χ1n) is 8.85. The zero-order chi connectivity index (χ0) is 16.9. The van der Waals surface area contributed by atoms with Crippen LogP contribution in [-0.4, -0.2) is 65.6 Å². The van der Waals surface area contributed by atoms with Gasteiger partial charge in [0.1, 0.15) is 6.10 Å². The third-order valence-corrected chi connectivity index (χ3v) is 4.72.